The van der Waals surface area contributed by atoms with Crippen LogP contribution in [-0.2, 0) is 19.4 Å². The number of thiazole rings is 1. The van der Waals surface area contributed by atoms with Gasteiger partial charge in [-0.15, -0.1) is 35.3 Å². The number of halogens is 3. The summed E-state index contributed by atoms with van der Waals surface area (Å²) in [5.74, 6) is 0.783. The molecule has 0 aliphatic carbocycles. The Kier molecular flexibility index (Phi) is 11.3. The molecule has 0 amide bonds. The zero-order valence-electron chi connectivity index (χ0n) is 16.3. The molecule has 9 heteroatoms. The fourth-order valence-corrected chi connectivity index (χ4v) is 3.58. The standard InChI is InChI=1S/C19H26F2N4OS.HI/c1-4-15-13(3)27-17(25-15)10-11-23-19(22-5-2)24-12-14-8-6-7-9-16(14)26-18(20)21;/h6-9,18H,4-5,10-12H2,1-3H3,(H2,22,23,24);1H. The summed E-state index contributed by atoms with van der Waals surface area (Å²) in [6.07, 6.45) is 1.75. The zero-order chi connectivity index (χ0) is 19.6. The average molecular weight is 524 g/mol. The van der Waals surface area contributed by atoms with Crippen molar-refractivity contribution in [3.05, 3.63) is 45.4 Å². The lowest BCUT2D eigenvalue weighted by Crippen LogP contribution is -2.38. The number of ether oxygens (including phenoxy) is 1. The molecule has 156 valence electrons. The van der Waals surface area contributed by atoms with Crippen molar-refractivity contribution in [1.29, 1.82) is 0 Å². The van der Waals surface area contributed by atoms with Crippen LogP contribution >= 0.6 is 35.3 Å². The van der Waals surface area contributed by atoms with Gasteiger partial charge in [-0.25, -0.2) is 9.98 Å². The Balaban J connectivity index is 0.00000392. The van der Waals surface area contributed by atoms with Crippen molar-refractivity contribution < 1.29 is 13.5 Å². The molecule has 5 nitrogen and oxygen atoms in total. The molecule has 1 heterocycles. The maximum Gasteiger partial charge on any atom is 0.387 e. The summed E-state index contributed by atoms with van der Waals surface area (Å²) in [6.45, 7) is 4.97. The minimum atomic E-state index is -2.85. The summed E-state index contributed by atoms with van der Waals surface area (Å²) in [7, 11) is 0. The summed E-state index contributed by atoms with van der Waals surface area (Å²) in [4.78, 5) is 10.4. The molecular formula is C19H27F2IN4OS. The van der Waals surface area contributed by atoms with E-state index < -0.39 is 6.61 Å². The number of rotatable bonds is 9. The number of nitrogens with one attached hydrogen (secondary N) is 2. The largest absolute Gasteiger partial charge is 0.434 e. The first-order valence-electron chi connectivity index (χ1n) is 9.03. The summed E-state index contributed by atoms with van der Waals surface area (Å²) < 4.78 is 29.6. The van der Waals surface area contributed by atoms with Gasteiger partial charge in [0.15, 0.2) is 5.96 Å². The van der Waals surface area contributed by atoms with Crippen LogP contribution in [0.1, 0.15) is 35.0 Å². The summed E-state index contributed by atoms with van der Waals surface area (Å²) in [5, 5.41) is 7.52. The smallest absolute Gasteiger partial charge is 0.387 e. The van der Waals surface area contributed by atoms with Crippen LogP contribution in [0.3, 0.4) is 0 Å². The Hall–Kier alpha value is -1.49. The number of hydrogen-bond donors (Lipinski definition) is 2. The second-order valence-corrected chi connectivity index (χ2v) is 7.11. The van der Waals surface area contributed by atoms with Crippen molar-refractivity contribution in [3.8, 4) is 5.75 Å². The van der Waals surface area contributed by atoms with Gasteiger partial charge in [-0.2, -0.15) is 8.78 Å². The van der Waals surface area contributed by atoms with Crippen LogP contribution in [0.25, 0.3) is 0 Å². The average Bonchev–Trinajstić information content (AvgIpc) is 3.00. The maximum atomic E-state index is 12.5. The van der Waals surface area contributed by atoms with E-state index in [4.69, 9.17) is 0 Å². The van der Waals surface area contributed by atoms with Gasteiger partial charge >= 0.3 is 6.61 Å². The number of aromatic nitrogens is 1. The highest BCUT2D eigenvalue weighted by Gasteiger charge is 2.09. The molecule has 28 heavy (non-hydrogen) atoms. The van der Waals surface area contributed by atoms with Crippen LogP contribution in [0.15, 0.2) is 29.3 Å². The highest BCUT2D eigenvalue weighted by Crippen LogP contribution is 2.21. The first-order valence-corrected chi connectivity index (χ1v) is 9.85. The predicted molar refractivity (Wildman–Crippen MR) is 121 cm³/mol. The molecule has 0 aliphatic heterocycles. The molecule has 0 radical (unpaired) electrons. The normalized spacial score (nSPS) is 11.3. The Morgan fingerprint density at radius 3 is 2.64 bits per heavy atom. The van der Waals surface area contributed by atoms with E-state index in [1.54, 1.807) is 29.5 Å². The van der Waals surface area contributed by atoms with Gasteiger partial charge in [0.1, 0.15) is 5.75 Å². The van der Waals surface area contributed by atoms with E-state index in [2.05, 4.69) is 39.2 Å². The second kappa shape index (κ2) is 12.9. The SMILES string of the molecule is CCNC(=NCc1ccccc1OC(F)F)NCCc1nc(CC)c(C)s1.I. The molecule has 0 atom stereocenters. The van der Waals surface area contributed by atoms with Gasteiger partial charge in [0, 0.05) is 30.0 Å². The first kappa shape index (κ1) is 24.5. The maximum absolute atomic E-state index is 12.5. The minimum Gasteiger partial charge on any atom is -0.434 e. The number of aliphatic imine (C=N–C) groups is 1. The summed E-state index contributed by atoms with van der Waals surface area (Å²) >= 11 is 1.72. The quantitative estimate of drug-likeness (QED) is 0.288. The van der Waals surface area contributed by atoms with E-state index in [9.17, 15) is 8.78 Å². The number of alkyl halides is 2. The van der Waals surface area contributed by atoms with Crippen LogP contribution in [-0.4, -0.2) is 30.6 Å². The number of benzene rings is 1. The Morgan fingerprint density at radius 1 is 1.25 bits per heavy atom. The number of nitrogens with zero attached hydrogens (tertiary/aromatic N) is 2. The molecule has 0 unspecified atom stereocenters. The van der Waals surface area contributed by atoms with Gasteiger partial charge in [0.2, 0.25) is 0 Å². The van der Waals surface area contributed by atoms with Crippen molar-refractivity contribution in [2.75, 3.05) is 13.1 Å². The van der Waals surface area contributed by atoms with Gasteiger partial charge < -0.3 is 15.4 Å². The lowest BCUT2D eigenvalue weighted by Gasteiger charge is -2.12. The fourth-order valence-electron chi connectivity index (χ4n) is 2.56. The predicted octanol–water partition coefficient (Wildman–Crippen LogP) is 4.53. The van der Waals surface area contributed by atoms with Crippen LogP contribution in [0, 0.1) is 6.92 Å². The molecule has 0 fully saturated rings. The topological polar surface area (TPSA) is 58.5 Å². The Labute approximate surface area is 186 Å². The van der Waals surface area contributed by atoms with Crippen LogP contribution < -0.4 is 15.4 Å². The molecule has 0 aliphatic rings. The number of guanidine groups is 1. The van der Waals surface area contributed by atoms with Crippen molar-refractivity contribution in [1.82, 2.24) is 15.6 Å². The Bertz CT molecular complexity index is 755. The highest BCUT2D eigenvalue weighted by atomic mass is 127. The third-order valence-electron chi connectivity index (χ3n) is 3.84. The molecule has 1 aromatic carbocycles. The number of para-hydroxylation sites is 1. The van der Waals surface area contributed by atoms with Gasteiger partial charge in [0.05, 0.1) is 17.2 Å². The molecule has 1 aromatic heterocycles. The molecule has 2 rings (SSSR count). The van der Waals surface area contributed by atoms with Gasteiger partial charge in [-0.05, 0) is 26.3 Å². The van der Waals surface area contributed by atoms with Crippen LogP contribution in [0.2, 0.25) is 0 Å². The van der Waals surface area contributed by atoms with E-state index in [1.807, 2.05) is 6.92 Å². The molecule has 2 aromatic rings. The van der Waals surface area contributed by atoms with E-state index >= 15 is 0 Å². The third kappa shape index (κ3) is 7.86. The first-order chi connectivity index (χ1) is 13.0. The second-order valence-electron chi connectivity index (χ2n) is 5.82. The van der Waals surface area contributed by atoms with Crippen molar-refractivity contribution in [2.45, 2.75) is 46.8 Å². The summed E-state index contributed by atoms with van der Waals surface area (Å²) in [5.41, 5.74) is 1.77. The number of hydrogen-bond acceptors (Lipinski definition) is 4. The minimum absolute atomic E-state index is 0. The molecular weight excluding hydrogens is 497 g/mol. The van der Waals surface area contributed by atoms with Gasteiger partial charge in [-0.1, -0.05) is 25.1 Å². The molecule has 0 bridgehead atoms. The molecule has 0 saturated heterocycles. The van der Waals surface area contributed by atoms with Crippen LogP contribution in [0.5, 0.6) is 5.75 Å². The highest BCUT2D eigenvalue weighted by molar-refractivity contribution is 14.0. The molecule has 0 saturated carbocycles. The monoisotopic (exact) mass is 524 g/mol. The van der Waals surface area contributed by atoms with E-state index in [0.29, 0.717) is 24.6 Å². The van der Waals surface area contributed by atoms with Crippen molar-refractivity contribution in [2.24, 2.45) is 4.99 Å². The van der Waals surface area contributed by atoms with Crippen molar-refractivity contribution >= 4 is 41.3 Å². The van der Waals surface area contributed by atoms with E-state index in [1.165, 1.54) is 10.9 Å². The molecule has 0 spiro atoms. The lowest BCUT2D eigenvalue weighted by atomic mass is 10.2. The zero-order valence-corrected chi connectivity index (χ0v) is 19.4. The third-order valence-corrected chi connectivity index (χ3v) is 4.92. The van der Waals surface area contributed by atoms with E-state index in [-0.39, 0.29) is 36.3 Å². The van der Waals surface area contributed by atoms with E-state index in [0.717, 1.165) is 23.5 Å². The van der Waals surface area contributed by atoms with Gasteiger partial charge in [-0.3, -0.25) is 0 Å². The van der Waals surface area contributed by atoms with Gasteiger partial charge in [0.25, 0.3) is 0 Å². The fraction of sp³-hybridized carbons (Fsp3) is 0.474. The van der Waals surface area contributed by atoms with Crippen LogP contribution in [0.4, 0.5) is 8.78 Å². The Morgan fingerprint density at radius 2 is 2.00 bits per heavy atom. The molecule has 2 N–H and O–H groups in total. The van der Waals surface area contributed by atoms with Crippen molar-refractivity contribution in [3.63, 3.8) is 0 Å². The number of aryl methyl sites for hydroxylation is 2. The lowest BCUT2D eigenvalue weighted by molar-refractivity contribution is -0.0504. The summed E-state index contributed by atoms with van der Waals surface area (Å²) in [6, 6.07) is 6.69.